The second-order valence-electron chi connectivity index (χ2n) is 4.96. The van der Waals surface area contributed by atoms with Crippen molar-refractivity contribution in [2.75, 3.05) is 11.1 Å². The number of aromatic nitrogens is 4. The molecule has 10 heteroatoms. The van der Waals surface area contributed by atoms with Gasteiger partial charge in [-0.3, -0.25) is 14.3 Å². The lowest BCUT2D eigenvalue weighted by Crippen LogP contribution is -2.18. The monoisotopic (exact) mass is 348 g/mol. The molecule has 0 aliphatic heterocycles. The number of carbonyl (C=O) groups excluding carboxylic acids is 1. The Hall–Kier alpha value is -3.43. The van der Waals surface area contributed by atoms with Crippen LogP contribution in [0, 0.1) is 0 Å². The highest BCUT2D eigenvalue weighted by molar-refractivity contribution is 6.06. The molecule has 3 rings (SSSR count). The predicted octanol–water partition coefficient (Wildman–Crippen LogP) is 2.52. The molecule has 128 valence electrons. The predicted molar refractivity (Wildman–Crippen MR) is 83.0 cm³/mol. The van der Waals surface area contributed by atoms with Gasteiger partial charge in [0.1, 0.15) is 17.8 Å². The lowest BCUT2D eigenvalue weighted by atomic mass is 10.2. The van der Waals surface area contributed by atoms with Gasteiger partial charge in [-0.1, -0.05) is 0 Å². The first-order valence-corrected chi connectivity index (χ1v) is 6.94. The number of nitrogen functional groups attached to an aromatic ring is 1. The van der Waals surface area contributed by atoms with Crippen molar-refractivity contribution in [3.8, 4) is 5.82 Å². The Morgan fingerprint density at radius 2 is 2.00 bits per heavy atom. The number of hydrogen-bond acceptors (Lipinski definition) is 5. The molecule has 0 saturated heterocycles. The van der Waals surface area contributed by atoms with Crippen molar-refractivity contribution < 1.29 is 18.0 Å². The number of pyridine rings is 2. The van der Waals surface area contributed by atoms with Crippen LogP contribution in [0.1, 0.15) is 16.2 Å². The summed E-state index contributed by atoms with van der Waals surface area (Å²) in [7, 11) is 0. The Balaban J connectivity index is 1.88. The van der Waals surface area contributed by atoms with E-state index >= 15 is 0 Å². The summed E-state index contributed by atoms with van der Waals surface area (Å²) < 4.78 is 39.6. The van der Waals surface area contributed by atoms with Gasteiger partial charge in [0.2, 0.25) is 0 Å². The maximum atomic E-state index is 12.7. The maximum absolute atomic E-state index is 12.7. The number of imidazole rings is 1. The molecule has 0 atom stereocenters. The number of nitrogens with two attached hydrogens (primary N) is 1. The highest BCUT2D eigenvalue weighted by atomic mass is 19.4. The van der Waals surface area contributed by atoms with Crippen molar-refractivity contribution in [1.29, 1.82) is 0 Å². The van der Waals surface area contributed by atoms with Crippen LogP contribution in [0.3, 0.4) is 0 Å². The number of anilines is 2. The van der Waals surface area contributed by atoms with Crippen LogP contribution in [0.4, 0.5) is 24.5 Å². The minimum atomic E-state index is -4.61. The third-order valence-electron chi connectivity index (χ3n) is 3.20. The number of rotatable bonds is 3. The molecule has 3 heterocycles. The van der Waals surface area contributed by atoms with Crippen LogP contribution in [-0.4, -0.2) is 25.4 Å². The van der Waals surface area contributed by atoms with Crippen LogP contribution >= 0.6 is 0 Å². The lowest BCUT2D eigenvalue weighted by molar-refractivity contribution is -0.141. The molecule has 3 aromatic rings. The summed E-state index contributed by atoms with van der Waals surface area (Å²) in [6.45, 7) is 0. The fourth-order valence-corrected chi connectivity index (χ4v) is 2.03. The zero-order valence-electron chi connectivity index (χ0n) is 12.5. The van der Waals surface area contributed by atoms with Gasteiger partial charge in [-0.25, -0.2) is 9.97 Å². The topological polar surface area (TPSA) is 98.7 Å². The van der Waals surface area contributed by atoms with Gasteiger partial charge in [0.05, 0.1) is 5.69 Å². The minimum absolute atomic E-state index is 0.0680. The second-order valence-corrected chi connectivity index (χ2v) is 4.96. The number of alkyl halides is 3. The highest BCUT2D eigenvalue weighted by Crippen LogP contribution is 2.29. The van der Waals surface area contributed by atoms with E-state index in [0.717, 1.165) is 12.3 Å². The standard InChI is InChI=1S/C15H11F3N6O/c16-15(17,18)11-7-9(3-4-21-11)22-14(25)13-10(19)1-2-12(23-13)24-6-5-20-8-24/h1-8H,19H2,(H,21,22,25). The van der Waals surface area contributed by atoms with Crippen LogP contribution in [0.15, 0.2) is 49.2 Å². The number of hydrogen-bond donors (Lipinski definition) is 2. The SMILES string of the molecule is Nc1ccc(-n2ccnc2)nc1C(=O)Nc1ccnc(C(F)(F)F)c1. The van der Waals surface area contributed by atoms with E-state index in [-0.39, 0.29) is 17.1 Å². The van der Waals surface area contributed by atoms with Gasteiger partial charge in [0.15, 0.2) is 5.69 Å². The molecule has 0 bridgehead atoms. The van der Waals surface area contributed by atoms with E-state index in [1.807, 2.05) is 0 Å². The molecule has 0 unspecified atom stereocenters. The van der Waals surface area contributed by atoms with E-state index in [4.69, 9.17) is 5.73 Å². The van der Waals surface area contributed by atoms with Crippen molar-refractivity contribution in [2.24, 2.45) is 0 Å². The largest absolute Gasteiger partial charge is 0.433 e. The lowest BCUT2D eigenvalue weighted by Gasteiger charge is -2.11. The molecular formula is C15H11F3N6O. The molecule has 0 saturated carbocycles. The van der Waals surface area contributed by atoms with E-state index in [9.17, 15) is 18.0 Å². The highest BCUT2D eigenvalue weighted by Gasteiger charge is 2.32. The quantitative estimate of drug-likeness (QED) is 0.758. The number of halogens is 3. The zero-order chi connectivity index (χ0) is 18.0. The molecule has 7 nitrogen and oxygen atoms in total. The summed E-state index contributed by atoms with van der Waals surface area (Å²) >= 11 is 0. The van der Waals surface area contributed by atoms with E-state index in [2.05, 4.69) is 20.3 Å². The fourth-order valence-electron chi connectivity index (χ4n) is 2.03. The molecule has 0 aliphatic carbocycles. The second kappa shape index (κ2) is 6.23. The Bertz CT molecular complexity index is 908. The third kappa shape index (κ3) is 3.57. The number of carbonyl (C=O) groups is 1. The Morgan fingerprint density at radius 1 is 1.20 bits per heavy atom. The molecule has 0 aromatic carbocycles. The average Bonchev–Trinajstić information content (AvgIpc) is 3.09. The smallest absolute Gasteiger partial charge is 0.397 e. The first-order chi connectivity index (χ1) is 11.8. The summed E-state index contributed by atoms with van der Waals surface area (Å²) in [6.07, 6.45) is 0.987. The zero-order valence-corrected chi connectivity index (χ0v) is 12.5. The fraction of sp³-hybridized carbons (Fsp3) is 0.0667. The number of nitrogens with one attached hydrogen (secondary N) is 1. The summed E-state index contributed by atoms with van der Waals surface area (Å²) in [4.78, 5) is 23.6. The van der Waals surface area contributed by atoms with Gasteiger partial charge < -0.3 is 11.1 Å². The molecule has 0 spiro atoms. The van der Waals surface area contributed by atoms with Crippen molar-refractivity contribution in [2.45, 2.75) is 6.18 Å². The van der Waals surface area contributed by atoms with Crippen molar-refractivity contribution in [3.05, 3.63) is 60.6 Å². The van der Waals surface area contributed by atoms with Crippen molar-refractivity contribution >= 4 is 17.3 Å². The van der Waals surface area contributed by atoms with Crippen LogP contribution in [0.5, 0.6) is 0 Å². The summed E-state index contributed by atoms with van der Waals surface area (Å²) in [6, 6.07) is 5.03. The Morgan fingerprint density at radius 3 is 2.68 bits per heavy atom. The normalized spacial score (nSPS) is 11.3. The van der Waals surface area contributed by atoms with Gasteiger partial charge in [0.25, 0.3) is 5.91 Å². The maximum Gasteiger partial charge on any atom is 0.433 e. The van der Waals surface area contributed by atoms with E-state index in [1.54, 1.807) is 16.8 Å². The van der Waals surface area contributed by atoms with E-state index in [1.165, 1.54) is 24.7 Å². The van der Waals surface area contributed by atoms with Gasteiger partial charge >= 0.3 is 6.18 Å². The number of amides is 1. The van der Waals surface area contributed by atoms with Crippen LogP contribution in [-0.2, 0) is 6.18 Å². The van der Waals surface area contributed by atoms with Gasteiger partial charge in [-0.15, -0.1) is 0 Å². The molecule has 3 N–H and O–H groups in total. The van der Waals surface area contributed by atoms with E-state index in [0.29, 0.717) is 5.82 Å². The minimum Gasteiger partial charge on any atom is -0.397 e. The molecule has 0 aliphatic rings. The van der Waals surface area contributed by atoms with Crippen molar-refractivity contribution in [1.82, 2.24) is 19.5 Å². The van der Waals surface area contributed by atoms with Crippen LogP contribution < -0.4 is 11.1 Å². The first kappa shape index (κ1) is 16.4. The van der Waals surface area contributed by atoms with Gasteiger partial charge in [0, 0.05) is 24.3 Å². The van der Waals surface area contributed by atoms with Crippen LogP contribution in [0.25, 0.3) is 5.82 Å². The van der Waals surface area contributed by atoms with Gasteiger partial charge in [-0.05, 0) is 24.3 Å². The summed E-state index contributed by atoms with van der Waals surface area (Å²) in [5.74, 6) is -0.346. The van der Waals surface area contributed by atoms with Crippen molar-refractivity contribution in [3.63, 3.8) is 0 Å². The number of nitrogens with zero attached hydrogens (tertiary/aromatic N) is 4. The summed E-state index contributed by atoms with van der Waals surface area (Å²) in [5.41, 5.74) is 4.55. The first-order valence-electron chi connectivity index (χ1n) is 6.94. The molecule has 1 amide bonds. The van der Waals surface area contributed by atoms with E-state index < -0.39 is 17.8 Å². The summed E-state index contributed by atoms with van der Waals surface area (Å²) in [5, 5.41) is 2.34. The molecule has 3 aromatic heterocycles. The molecular weight excluding hydrogens is 337 g/mol. The Kier molecular flexibility index (Phi) is 4.09. The molecule has 25 heavy (non-hydrogen) atoms. The molecule has 0 fully saturated rings. The molecule has 0 radical (unpaired) electrons. The van der Waals surface area contributed by atoms with Gasteiger partial charge in [-0.2, -0.15) is 13.2 Å². The van der Waals surface area contributed by atoms with Crippen LogP contribution in [0.2, 0.25) is 0 Å². The Labute approximate surface area is 139 Å². The third-order valence-corrected chi connectivity index (χ3v) is 3.20. The average molecular weight is 348 g/mol.